The van der Waals surface area contributed by atoms with Gasteiger partial charge >= 0.3 is 39.5 Å². The van der Waals surface area contributed by atoms with Gasteiger partial charge < -0.3 is 33.8 Å². The second-order valence-electron chi connectivity index (χ2n) is 22.2. The number of carbonyl (C=O) groups is 4. The van der Waals surface area contributed by atoms with Crippen LogP contribution < -0.4 is 0 Å². The Balaban J connectivity index is 5.14. The molecule has 0 saturated heterocycles. The molecule has 3 N–H and O–H groups in total. The molecule has 0 amide bonds. The molecule has 19 heteroatoms. The van der Waals surface area contributed by atoms with Crippen molar-refractivity contribution < 1.29 is 80.2 Å². The van der Waals surface area contributed by atoms with E-state index in [-0.39, 0.29) is 25.7 Å². The Morgan fingerprint density at radius 3 is 0.861 bits per heavy atom. The van der Waals surface area contributed by atoms with E-state index >= 15 is 0 Å². The summed E-state index contributed by atoms with van der Waals surface area (Å²) in [5.74, 6) is -1.47. The van der Waals surface area contributed by atoms with Crippen molar-refractivity contribution in [2.24, 2.45) is 5.92 Å². The third kappa shape index (κ3) is 55.0. The predicted octanol–water partition coefficient (Wildman–Crippen LogP) is 16.2. The highest BCUT2D eigenvalue weighted by atomic mass is 31.2. The highest BCUT2D eigenvalue weighted by molar-refractivity contribution is 7.47. The molecular weight excluding hydrogens is 1050 g/mol. The van der Waals surface area contributed by atoms with Crippen molar-refractivity contribution in [1.82, 2.24) is 0 Å². The number of esters is 4. The van der Waals surface area contributed by atoms with Crippen LogP contribution in [0.3, 0.4) is 0 Å². The highest BCUT2D eigenvalue weighted by Gasteiger charge is 2.30. The normalized spacial score (nSPS) is 14.3. The molecule has 2 unspecified atom stereocenters. The van der Waals surface area contributed by atoms with Crippen LogP contribution in [0.5, 0.6) is 0 Å². The van der Waals surface area contributed by atoms with E-state index in [1.165, 1.54) is 109 Å². The fraction of sp³-hybridized carbons (Fsp3) is 0.933. The number of aliphatic hydroxyl groups excluding tert-OH is 1. The average Bonchev–Trinajstić information content (AvgIpc) is 3.41. The molecule has 0 aromatic heterocycles. The van der Waals surface area contributed by atoms with E-state index in [1.54, 1.807) is 0 Å². The number of rotatable bonds is 60. The first-order valence-corrected chi connectivity index (χ1v) is 34.6. The summed E-state index contributed by atoms with van der Waals surface area (Å²) in [6.45, 7) is 6.98. The fourth-order valence-electron chi connectivity index (χ4n) is 8.88. The van der Waals surface area contributed by atoms with Gasteiger partial charge in [-0.05, 0) is 31.6 Å². The monoisotopic (exact) mass is 1170 g/mol. The second kappa shape index (κ2) is 54.0. The maximum absolute atomic E-state index is 12.9. The van der Waals surface area contributed by atoms with Crippen LogP contribution in [0.4, 0.5) is 0 Å². The van der Waals surface area contributed by atoms with Crippen molar-refractivity contribution in [3.63, 3.8) is 0 Å². The molecule has 0 radical (unpaired) electrons. The number of phosphoric ester groups is 2. The van der Waals surface area contributed by atoms with E-state index in [0.29, 0.717) is 31.6 Å². The van der Waals surface area contributed by atoms with Gasteiger partial charge in [0.1, 0.15) is 19.3 Å². The van der Waals surface area contributed by atoms with Crippen molar-refractivity contribution >= 4 is 39.5 Å². The Morgan fingerprint density at radius 2 is 0.582 bits per heavy atom. The van der Waals surface area contributed by atoms with Crippen LogP contribution in [0.2, 0.25) is 0 Å². The Bertz CT molecular complexity index is 1550. The minimum absolute atomic E-state index is 0.105. The Morgan fingerprint density at radius 1 is 0.342 bits per heavy atom. The molecule has 468 valence electrons. The first kappa shape index (κ1) is 77.1. The molecule has 0 bridgehead atoms. The maximum atomic E-state index is 12.9. The van der Waals surface area contributed by atoms with Crippen molar-refractivity contribution in [3.8, 4) is 0 Å². The molecular formula is C60H116O17P2. The summed E-state index contributed by atoms with van der Waals surface area (Å²) in [4.78, 5) is 71.7. The summed E-state index contributed by atoms with van der Waals surface area (Å²) < 4.78 is 67.6. The molecule has 0 aliphatic rings. The zero-order valence-corrected chi connectivity index (χ0v) is 52.3. The van der Waals surface area contributed by atoms with E-state index in [4.69, 9.17) is 37.0 Å². The molecule has 5 atom stereocenters. The minimum Gasteiger partial charge on any atom is -0.462 e. The van der Waals surface area contributed by atoms with Crippen LogP contribution in [0.15, 0.2) is 0 Å². The summed E-state index contributed by atoms with van der Waals surface area (Å²) >= 11 is 0. The van der Waals surface area contributed by atoms with Crippen LogP contribution in [0.1, 0.15) is 298 Å². The molecule has 0 aromatic carbocycles. The van der Waals surface area contributed by atoms with Crippen molar-refractivity contribution in [3.05, 3.63) is 0 Å². The third-order valence-corrected chi connectivity index (χ3v) is 15.7. The summed E-state index contributed by atoms with van der Waals surface area (Å²) in [6, 6.07) is 0. The molecule has 0 saturated carbocycles. The number of hydrogen-bond acceptors (Lipinski definition) is 15. The molecule has 0 heterocycles. The summed E-state index contributed by atoms with van der Waals surface area (Å²) in [5.41, 5.74) is 0. The minimum atomic E-state index is -4.94. The molecule has 79 heavy (non-hydrogen) atoms. The summed E-state index contributed by atoms with van der Waals surface area (Å²) in [6.07, 6.45) is 36.7. The van der Waals surface area contributed by atoms with Gasteiger partial charge in [0.2, 0.25) is 0 Å². The van der Waals surface area contributed by atoms with Crippen LogP contribution in [0.25, 0.3) is 0 Å². The Hall–Kier alpha value is -1.94. The summed E-state index contributed by atoms with van der Waals surface area (Å²) in [5, 5.41) is 10.5. The zero-order valence-electron chi connectivity index (χ0n) is 50.5. The molecule has 0 fully saturated rings. The number of unbranched alkanes of at least 4 members (excludes halogenated alkanes) is 32. The van der Waals surface area contributed by atoms with Gasteiger partial charge in [0.25, 0.3) is 0 Å². The molecule has 17 nitrogen and oxygen atoms in total. The lowest BCUT2D eigenvalue weighted by Crippen LogP contribution is -2.30. The first-order chi connectivity index (χ1) is 38.0. The molecule has 0 spiro atoms. The van der Waals surface area contributed by atoms with Crippen LogP contribution in [-0.4, -0.2) is 96.7 Å². The quantitative estimate of drug-likeness (QED) is 0.0222. The number of ether oxygens (including phenoxy) is 4. The van der Waals surface area contributed by atoms with Crippen molar-refractivity contribution in [2.45, 2.75) is 316 Å². The van der Waals surface area contributed by atoms with E-state index < -0.39 is 97.5 Å². The third-order valence-electron chi connectivity index (χ3n) is 13.8. The van der Waals surface area contributed by atoms with Gasteiger partial charge in [0.15, 0.2) is 12.2 Å². The van der Waals surface area contributed by atoms with E-state index in [0.717, 1.165) is 103 Å². The number of phosphoric acid groups is 2. The first-order valence-electron chi connectivity index (χ1n) is 31.6. The van der Waals surface area contributed by atoms with Crippen molar-refractivity contribution in [2.75, 3.05) is 39.6 Å². The van der Waals surface area contributed by atoms with E-state index in [1.807, 2.05) is 0 Å². The van der Waals surface area contributed by atoms with Gasteiger partial charge in [0, 0.05) is 25.7 Å². The molecule has 0 aromatic rings. The number of carbonyl (C=O) groups excluding carboxylic acids is 4. The lowest BCUT2D eigenvalue weighted by molar-refractivity contribution is -0.161. The van der Waals surface area contributed by atoms with Crippen LogP contribution in [-0.2, 0) is 65.4 Å². The lowest BCUT2D eigenvalue weighted by Gasteiger charge is -2.21. The molecule has 0 rings (SSSR count). The maximum Gasteiger partial charge on any atom is 0.472 e. The van der Waals surface area contributed by atoms with Gasteiger partial charge in [0.05, 0.1) is 26.4 Å². The fourth-order valence-corrected chi connectivity index (χ4v) is 10.5. The Labute approximate surface area is 479 Å². The Kier molecular flexibility index (Phi) is 52.7. The topological polar surface area (TPSA) is 237 Å². The predicted molar refractivity (Wildman–Crippen MR) is 312 cm³/mol. The number of hydrogen-bond donors (Lipinski definition) is 3. The van der Waals surface area contributed by atoms with E-state index in [2.05, 4.69) is 34.6 Å². The van der Waals surface area contributed by atoms with E-state index in [9.17, 15) is 43.2 Å². The van der Waals surface area contributed by atoms with Gasteiger partial charge in [-0.1, -0.05) is 247 Å². The second-order valence-corrected chi connectivity index (χ2v) is 25.1. The largest absolute Gasteiger partial charge is 0.472 e. The molecule has 0 aliphatic heterocycles. The van der Waals surface area contributed by atoms with Gasteiger partial charge in [-0.3, -0.25) is 37.3 Å². The highest BCUT2D eigenvalue weighted by Crippen LogP contribution is 2.45. The summed E-state index contributed by atoms with van der Waals surface area (Å²) in [7, 11) is -9.87. The smallest absolute Gasteiger partial charge is 0.462 e. The van der Waals surface area contributed by atoms with Crippen LogP contribution in [0, 0.1) is 5.92 Å². The van der Waals surface area contributed by atoms with Gasteiger partial charge in [-0.15, -0.1) is 0 Å². The molecule has 0 aliphatic carbocycles. The van der Waals surface area contributed by atoms with Crippen molar-refractivity contribution in [1.29, 1.82) is 0 Å². The number of aliphatic hydroxyl groups is 1. The SMILES string of the molecule is CCCCCCCCCCCCCCCCCCC(=O)O[C@H](COC(=O)CCCCCCCCC(C)C)COP(=O)(O)OC[C@@H](O)COP(=O)(O)OC[C@@H](COC(=O)CCCCCCC)OC(=O)CCCCCCCCCCC. The standard InChI is InChI=1S/C60H116O17P2/c1-6-9-12-15-17-19-20-21-22-23-24-25-27-29-36-41-46-60(65)77-56(50-71-58(63)44-39-34-31-30-33-37-42-53(4)5)52-75-79(68,69)73-48-54(61)47-72-78(66,67)74-51-55(49-70-57(62)43-38-32-14-11-8-3)76-59(64)45-40-35-28-26-18-16-13-10-7-2/h53-56,61H,6-52H2,1-5H3,(H,66,67)(H,68,69)/t54-,55+,56+/m0/s1. The van der Waals surface area contributed by atoms with Gasteiger partial charge in [-0.2, -0.15) is 0 Å². The zero-order chi connectivity index (χ0) is 58.5. The van der Waals surface area contributed by atoms with Gasteiger partial charge in [-0.25, -0.2) is 9.13 Å². The lowest BCUT2D eigenvalue weighted by atomic mass is 10.0. The van der Waals surface area contributed by atoms with Crippen LogP contribution >= 0.6 is 15.6 Å². The average molecular weight is 1170 g/mol.